The Balaban J connectivity index is 1.62. The summed E-state index contributed by atoms with van der Waals surface area (Å²) in [4.78, 5) is 11.6. The number of fused-ring (bicyclic) bond motifs is 1. The average molecular weight is 262 g/mol. The van der Waals surface area contributed by atoms with Crippen LogP contribution >= 0.6 is 0 Å². The number of carbonyl (C=O) groups is 1. The highest BCUT2D eigenvalue weighted by atomic mass is 16.6. The number of amides is 1. The minimum absolute atomic E-state index is 0.0815. The second kappa shape index (κ2) is 5.48. The molecule has 0 saturated carbocycles. The number of hydrogen-bond donors (Lipinski definition) is 2. The molecule has 3 rings (SSSR count). The molecule has 0 radical (unpaired) electrons. The molecule has 0 aromatic heterocycles. The second-order valence-electron chi connectivity index (χ2n) is 4.81. The fraction of sp³-hybridized carbons (Fsp3) is 0.500. The molecule has 102 valence electrons. The number of carbonyl (C=O) groups excluding carboxylic acids is 1. The zero-order chi connectivity index (χ0) is 13.1. The van der Waals surface area contributed by atoms with E-state index in [4.69, 9.17) is 9.47 Å². The van der Waals surface area contributed by atoms with Gasteiger partial charge in [0.15, 0.2) is 11.5 Å². The minimum atomic E-state index is -0.0815. The first-order chi connectivity index (χ1) is 9.33. The SMILES string of the molecule is O=C1NCCNC1CCc1ccc2c(c1)OCCO2. The van der Waals surface area contributed by atoms with Crippen molar-refractivity contribution in [2.45, 2.75) is 18.9 Å². The van der Waals surface area contributed by atoms with Crippen molar-refractivity contribution in [3.05, 3.63) is 23.8 Å². The van der Waals surface area contributed by atoms with Gasteiger partial charge < -0.3 is 20.1 Å². The van der Waals surface area contributed by atoms with Crippen LogP contribution < -0.4 is 20.1 Å². The fourth-order valence-electron chi connectivity index (χ4n) is 2.44. The van der Waals surface area contributed by atoms with E-state index in [9.17, 15) is 4.79 Å². The molecule has 1 saturated heterocycles. The van der Waals surface area contributed by atoms with Gasteiger partial charge in [0.2, 0.25) is 5.91 Å². The van der Waals surface area contributed by atoms with Crippen LogP contribution in [0.5, 0.6) is 11.5 Å². The van der Waals surface area contributed by atoms with Crippen LogP contribution in [-0.4, -0.2) is 38.3 Å². The van der Waals surface area contributed by atoms with Crippen molar-refractivity contribution in [3.63, 3.8) is 0 Å². The van der Waals surface area contributed by atoms with Crippen molar-refractivity contribution >= 4 is 5.91 Å². The van der Waals surface area contributed by atoms with Gasteiger partial charge >= 0.3 is 0 Å². The first-order valence-electron chi connectivity index (χ1n) is 6.72. The van der Waals surface area contributed by atoms with E-state index < -0.39 is 0 Å². The molecule has 1 aromatic rings. The van der Waals surface area contributed by atoms with Gasteiger partial charge in [-0.1, -0.05) is 6.07 Å². The molecule has 1 atom stereocenters. The Morgan fingerprint density at radius 1 is 1.16 bits per heavy atom. The lowest BCUT2D eigenvalue weighted by atomic mass is 10.0. The van der Waals surface area contributed by atoms with Gasteiger partial charge in [-0.2, -0.15) is 0 Å². The molecule has 1 amide bonds. The normalized spacial score (nSPS) is 21.9. The molecule has 2 aliphatic rings. The van der Waals surface area contributed by atoms with Gasteiger partial charge in [-0.15, -0.1) is 0 Å². The van der Waals surface area contributed by atoms with Crippen LogP contribution in [0.2, 0.25) is 0 Å². The van der Waals surface area contributed by atoms with Gasteiger partial charge in [-0.05, 0) is 30.5 Å². The number of rotatable bonds is 3. The molecule has 19 heavy (non-hydrogen) atoms. The topological polar surface area (TPSA) is 59.6 Å². The molecular formula is C14H18N2O3. The summed E-state index contributed by atoms with van der Waals surface area (Å²) in [5, 5.41) is 6.11. The van der Waals surface area contributed by atoms with Crippen molar-refractivity contribution < 1.29 is 14.3 Å². The molecule has 2 aliphatic heterocycles. The lowest BCUT2D eigenvalue weighted by molar-refractivity contribution is -0.124. The van der Waals surface area contributed by atoms with Crippen LogP contribution in [-0.2, 0) is 11.2 Å². The summed E-state index contributed by atoms with van der Waals surface area (Å²) in [5.41, 5.74) is 1.17. The predicted molar refractivity (Wildman–Crippen MR) is 70.6 cm³/mol. The molecule has 2 N–H and O–H groups in total. The molecule has 1 fully saturated rings. The molecule has 0 bridgehead atoms. The maximum Gasteiger partial charge on any atom is 0.237 e. The van der Waals surface area contributed by atoms with Crippen LogP contribution in [0.25, 0.3) is 0 Å². The minimum Gasteiger partial charge on any atom is -0.486 e. The van der Waals surface area contributed by atoms with Crippen molar-refractivity contribution in [2.75, 3.05) is 26.3 Å². The Morgan fingerprint density at radius 3 is 2.84 bits per heavy atom. The molecule has 5 heteroatoms. The number of ether oxygens (including phenoxy) is 2. The Kier molecular flexibility index (Phi) is 3.55. The number of aryl methyl sites for hydroxylation is 1. The van der Waals surface area contributed by atoms with E-state index in [0.29, 0.717) is 13.2 Å². The zero-order valence-electron chi connectivity index (χ0n) is 10.8. The second-order valence-corrected chi connectivity index (χ2v) is 4.81. The third kappa shape index (κ3) is 2.81. The first-order valence-corrected chi connectivity index (χ1v) is 6.72. The summed E-state index contributed by atoms with van der Waals surface area (Å²) >= 11 is 0. The predicted octanol–water partition coefficient (Wildman–Crippen LogP) is 0.478. The van der Waals surface area contributed by atoms with E-state index in [1.165, 1.54) is 5.56 Å². The van der Waals surface area contributed by atoms with Crippen LogP contribution in [0.1, 0.15) is 12.0 Å². The monoisotopic (exact) mass is 262 g/mol. The lowest BCUT2D eigenvalue weighted by Gasteiger charge is -2.23. The van der Waals surface area contributed by atoms with Gasteiger partial charge in [0, 0.05) is 13.1 Å². The molecule has 1 aromatic carbocycles. The van der Waals surface area contributed by atoms with Gasteiger partial charge in [0.05, 0.1) is 6.04 Å². The van der Waals surface area contributed by atoms with Crippen LogP contribution in [0.15, 0.2) is 18.2 Å². The van der Waals surface area contributed by atoms with E-state index in [2.05, 4.69) is 10.6 Å². The third-order valence-electron chi connectivity index (χ3n) is 3.46. The van der Waals surface area contributed by atoms with Crippen molar-refractivity contribution in [1.82, 2.24) is 10.6 Å². The molecule has 0 aliphatic carbocycles. The lowest BCUT2D eigenvalue weighted by Crippen LogP contribution is -2.52. The molecule has 0 spiro atoms. The summed E-state index contributed by atoms with van der Waals surface area (Å²) in [6.07, 6.45) is 1.65. The third-order valence-corrected chi connectivity index (χ3v) is 3.46. The average Bonchev–Trinajstić information content (AvgIpc) is 2.46. The zero-order valence-corrected chi connectivity index (χ0v) is 10.8. The highest BCUT2D eigenvalue weighted by molar-refractivity contribution is 5.82. The largest absolute Gasteiger partial charge is 0.486 e. The maximum atomic E-state index is 11.6. The van der Waals surface area contributed by atoms with E-state index in [-0.39, 0.29) is 11.9 Å². The van der Waals surface area contributed by atoms with E-state index in [0.717, 1.165) is 37.4 Å². The van der Waals surface area contributed by atoms with E-state index >= 15 is 0 Å². The number of nitrogens with one attached hydrogen (secondary N) is 2. The molecule has 1 unspecified atom stereocenters. The highest BCUT2D eigenvalue weighted by Gasteiger charge is 2.21. The number of piperazine rings is 1. The Bertz CT molecular complexity index is 476. The van der Waals surface area contributed by atoms with Crippen molar-refractivity contribution in [3.8, 4) is 11.5 Å². The van der Waals surface area contributed by atoms with Crippen molar-refractivity contribution in [2.24, 2.45) is 0 Å². The summed E-state index contributed by atoms with van der Waals surface area (Å²) < 4.78 is 11.0. The molecule has 5 nitrogen and oxygen atoms in total. The van der Waals surface area contributed by atoms with E-state index in [1.807, 2.05) is 18.2 Å². The van der Waals surface area contributed by atoms with E-state index in [1.54, 1.807) is 0 Å². The van der Waals surface area contributed by atoms with Gasteiger partial charge in [-0.3, -0.25) is 4.79 Å². The molecular weight excluding hydrogens is 244 g/mol. The van der Waals surface area contributed by atoms with Crippen LogP contribution in [0, 0.1) is 0 Å². The number of benzene rings is 1. The first kappa shape index (κ1) is 12.3. The van der Waals surface area contributed by atoms with Crippen LogP contribution in [0.3, 0.4) is 0 Å². The quantitative estimate of drug-likeness (QED) is 0.832. The van der Waals surface area contributed by atoms with Gasteiger partial charge in [0.1, 0.15) is 13.2 Å². The summed E-state index contributed by atoms with van der Waals surface area (Å²) in [5.74, 6) is 1.72. The van der Waals surface area contributed by atoms with Crippen molar-refractivity contribution in [1.29, 1.82) is 0 Å². The molecule has 2 heterocycles. The Hall–Kier alpha value is -1.75. The maximum absolute atomic E-state index is 11.6. The van der Waals surface area contributed by atoms with Gasteiger partial charge in [-0.25, -0.2) is 0 Å². The smallest absolute Gasteiger partial charge is 0.237 e. The fourth-order valence-corrected chi connectivity index (χ4v) is 2.44. The highest BCUT2D eigenvalue weighted by Crippen LogP contribution is 2.31. The Morgan fingerprint density at radius 2 is 2.00 bits per heavy atom. The number of hydrogen-bond acceptors (Lipinski definition) is 4. The summed E-state index contributed by atoms with van der Waals surface area (Å²) in [6.45, 7) is 2.78. The van der Waals surface area contributed by atoms with Crippen LogP contribution in [0.4, 0.5) is 0 Å². The Labute approximate surface area is 112 Å². The summed E-state index contributed by atoms with van der Waals surface area (Å²) in [6, 6.07) is 5.91. The summed E-state index contributed by atoms with van der Waals surface area (Å²) in [7, 11) is 0. The standard InChI is InChI=1S/C14H18N2O3/c17-14-11(15-5-6-16-14)3-1-10-2-4-12-13(9-10)19-8-7-18-12/h2,4,9,11,15H,1,3,5-8H2,(H,16,17). The van der Waals surface area contributed by atoms with Gasteiger partial charge in [0.25, 0.3) is 0 Å².